The summed E-state index contributed by atoms with van der Waals surface area (Å²) in [4.78, 5) is 9.71. The van der Waals surface area contributed by atoms with Crippen molar-refractivity contribution < 1.29 is 4.42 Å². The number of hydrogen-bond acceptors (Lipinski definition) is 3. The first-order valence-corrected chi connectivity index (χ1v) is 10.0. The lowest BCUT2D eigenvalue weighted by Gasteiger charge is -2.05. The Balaban J connectivity index is 1.64. The summed E-state index contributed by atoms with van der Waals surface area (Å²) in [6.07, 6.45) is 0. The fourth-order valence-electron chi connectivity index (χ4n) is 4.26. The number of benzene rings is 3. The third kappa shape index (κ3) is 2.40. The van der Waals surface area contributed by atoms with Crippen molar-refractivity contribution in [2.24, 2.45) is 7.05 Å². The minimum absolute atomic E-state index is 0.653. The molecule has 0 saturated heterocycles. The third-order valence-corrected chi connectivity index (χ3v) is 5.79. The van der Waals surface area contributed by atoms with Crippen LogP contribution in [-0.2, 0) is 7.05 Å². The molecule has 6 rings (SSSR count). The van der Waals surface area contributed by atoms with Gasteiger partial charge in [0.2, 0.25) is 5.71 Å². The van der Waals surface area contributed by atoms with Crippen LogP contribution in [0.15, 0.2) is 83.3 Å². The Hall–Kier alpha value is -3.92. The number of imidazole rings is 1. The standard InChI is InChI=1S/C26H19N3O/c1-16-12-13-19(25-27-21-10-6-7-11-22(21)29(25)2)24-23(16)18-14-15-20(28-26(18)30-24)17-8-4-3-5-9-17/h3-15H,1-2H3. The average Bonchev–Trinajstić information content (AvgIpc) is 3.33. The van der Waals surface area contributed by atoms with Crippen LogP contribution in [0.3, 0.4) is 0 Å². The second kappa shape index (κ2) is 6.29. The molecule has 0 amide bonds. The van der Waals surface area contributed by atoms with Crippen LogP contribution in [0.2, 0.25) is 0 Å². The monoisotopic (exact) mass is 389 g/mol. The van der Waals surface area contributed by atoms with Crippen molar-refractivity contribution in [3.8, 4) is 22.6 Å². The molecule has 144 valence electrons. The lowest BCUT2D eigenvalue weighted by atomic mass is 10.0. The van der Waals surface area contributed by atoms with E-state index in [9.17, 15) is 0 Å². The van der Waals surface area contributed by atoms with E-state index in [0.29, 0.717) is 5.71 Å². The quantitative estimate of drug-likeness (QED) is 0.339. The van der Waals surface area contributed by atoms with E-state index >= 15 is 0 Å². The number of pyridine rings is 1. The number of rotatable bonds is 2. The zero-order valence-corrected chi connectivity index (χ0v) is 16.8. The van der Waals surface area contributed by atoms with E-state index in [4.69, 9.17) is 14.4 Å². The van der Waals surface area contributed by atoms with E-state index in [-0.39, 0.29) is 0 Å². The number of furan rings is 1. The summed E-state index contributed by atoms with van der Waals surface area (Å²) in [6, 6.07) is 26.8. The van der Waals surface area contributed by atoms with Gasteiger partial charge in [-0.2, -0.15) is 0 Å². The molecule has 0 aliphatic carbocycles. The van der Waals surface area contributed by atoms with Gasteiger partial charge in [0.25, 0.3) is 0 Å². The van der Waals surface area contributed by atoms with E-state index in [2.05, 4.69) is 54.0 Å². The van der Waals surface area contributed by atoms with Crippen LogP contribution in [0.1, 0.15) is 5.56 Å². The Kier molecular flexibility index (Phi) is 3.56. The van der Waals surface area contributed by atoms with Gasteiger partial charge < -0.3 is 8.98 Å². The maximum absolute atomic E-state index is 6.37. The molecule has 0 unspecified atom stereocenters. The molecule has 0 fully saturated rings. The smallest absolute Gasteiger partial charge is 0.227 e. The van der Waals surface area contributed by atoms with Gasteiger partial charge in [-0.05, 0) is 42.8 Å². The summed E-state index contributed by atoms with van der Waals surface area (Å²) < 4.78 is 8.49. The molecule has 0 aliphatic heterocycles. The predicted molar refractivity (Wildman–Crippen MR) is 121 cm³/mol. The van der Waals surface area contributed by atoms with Crippen LogP contribution in [0.25, 0.3) is 55.7 Å². The molecule has 3 aromatic carbocycles. The van der Waals surface area contributed by atoms with E-state index in [1.54, 1.807) is 0 Å². The minimum Gasteiger partial charge on any atom is -0.437 e. The lowest BCUT2D eigenvalue weighted by molar-refractivity contribution is 0.655. The Morgan fingerprint density at radius 2 is 1.60 bits per heavy atom. The predicted octanol–water partition coefficient (Wildman–Crippen LogP) is 6.51. The summed E-state index contributed by atoms with van der Waals surface area (Å²) >= 11 is 0. The van der Waals surface area contributed by atoms with Crippen molar-refractivity contribution >= 4 is 33.1 Å². The molecule has 3 aromatic heterocycles. The topological polar surface area (TPSA) is 43.9 Å². The van der Waals surface area contributed by atoms with Crippen LogP contribution in [0.4, 0.5) is 0 Å². The van der Waals surface area contributed by atoms with Gasteiger partial charge in [0.15, 0.2) is 0 Å². The number of para-hydroxylation sites is 2. The first kappa shape index (κ1) is 17.0. The van der Waals surface area contributed by atoms with E-state index in [1.165, 1.54) is 5.56 Å². The summed E-state index contributed by atoms with van der Waals surface area (Å²) in [5.41, 5.74) is 7.69. The Morgan fingerprint density at radius 3 is 2.43 bits per heavy atom. The van der Waals surface area contributed by atoms with Gasteiger partial charge in [0, 0.05) is 23.4 Å². The average molecular weight is 389 g/mol. The Labute approximate surface area is 173 Å². The number of nitrogens with zero attached hydrogens (tertiary/aromatic N) is 3. The molecule has 6 aromatic rings. The highest BCUT2D eigenvalue weighted by Crippen LogP contribution is 2.38. The van der Waals surface area contributed by atoms with Crippen molar-refractivity contribution in [1.82, 2.24) is 14.5 Å². The third-order valence-electron chi connectivity index (χ3n) is 5.79. The molecule has 30 heavy (non-hydrogen) atoms. The summed E-state index contributed by atoms with van der Waals surface area (Å²) in [7, 11) is 2.05. The molecule has 0 radical (unpaired) electrons. The molecule has 3 heterocycles. The highest BCUT2D eigenvalue weighted by Gasteiger charge is 2.19. The zero-order chi connectivity index (χ0) is 20.2. The van der Waals surface area contributed by atoms with Crippen LogP contribution in [-0.4, -0.2) is 14.5 Å². The van der Waals surface area contributed by atoms with Gasteiger partial charge in [-0.3, -0.25) is 0 Å². The van der Waals surface area contributed by atoms with Crippen LogP contribution in [0.5, 0.6) is 0 Å². The van der Waals surface area contributed by atoms with E-state index < -0.39 is 0 Å². The van der Waals surface area contributed by atoms with Crippen molar-refractivity contribution in [2.75, 3.05) is 0 Å². The largest absolute Gasteiger partial charge is 0.437 e. The molecular weight excluding hydrogens is 370 g/mol. The van der Waals surface area contributed by atoms with Crippen LogP contribution >= 0.6 is 0 Å². The maximum Gasteiger partial charge on any atom is 0.227 e. The molecule has 4 heteroatoms. The molecule has 0 saturated carbocycles. The molecule has 0 atom stereocenters. The minimum atomic E-state index is 0.653. The van der Waals surface area contributed by atoms with Gasteiger partial charge in [0.1, 0.15) is 11.4 Å². The van der Waals surface area contributed by atoms with Crippen LogP contribution in [0, 0.1) is 6.92 Å². The number of aromatic nitrogens is 3. The number of fused-ring (bicyclic) bond motifs is 4. The molecule has 0 bridgehead atoms. The van der Waals surface area contributed by atoms with E-state index in [0.717, 1.165) is 50.0 Å². The molecule has 0 N–H and O–H groups in total. The molecule has 0 aliphatic rings. The fraction of sp³-hybridized carbons (Fsp3) is 0.0769. The summed E-state index contributed by atoms with van der Waals surface area (Å²) in [6.45, 7) is 2.11. The maximum atomic E-state index is 6.37. The summed E-state index contributed by atoms with van der Waals surface area (Å²) in [5.74, 6) is 0.892. The number of aryl methyl sites for hydroxylation is 2. The van der Waals surface area contributed by atoms with Gasteiger partial charge >= 0.3 is 0 Å². The highest BCUT2D eigenvalue weighted by molar-refractivity contribution is 6.10. The van der Waals surface area contributed by atoms with Crippen molar-refractivity contribution in [1.29, 1.82) is 0 Å². The normalized spacial score (nSPS) is 11.7. The van der Waals surface area contributed by atoms with Gasteiger partial charge in [-0.15, -0.1) is 0 Å². The second-order valence-electron chi connectivity index (χ2n) is 7.63. The zero-order valence-electron chi connectivity index (χ0n) is 16.8. The molecule has 4 nitrogen and oxygen atoms in total. The Bertz CT molecular complexity index is 1560. The fourth-order valence-corrected chi connectivity index (χ4v) is 4.26. The van der Waals surface area contributed by atoms with Gasteiger partial charge in [-0.25, -0.2) is 9.97 Å². The SMILES string of the molecule is Cc1ccc(-c2nc3ccccc3n2C)c2oc3nc(-c4ccccc4)ccc3c12. The van der Waals surface area contributed by atoms with Gasteiger partial charge in [0.05, 0.1) is 22.3 Å². The Morgan fingerprint density at radius 1 is 0.800 bits per heavy atom. The first-order valence-electron chi connectivity index (χ1n) is 10.0. The molecule has 0 spiro atoms. The highest BCUT2D eigenvalue weighted by atomic mass is 16.3. The van der Waals surface area contributed by atoms with E-state index in [1.807, 2.05) is 43.4 Å². The number of hydrogen-bond donors (Lipinski definition) is 0. The van der Waals surface area contributed by atoms with Crippen molar-refractivity contribution in [3.63, 3.8) is 0 Å². The second-order valence-corrected chi connectivity index (χ2v) is 7.63. The van der Waals surface area contributed by atoms with Crippen molar-refractivity contribution in [3.05, 3.63) is 84.4 Å². The lowest BCUT2D eigenvalue weighted by Crippen LogP contribution is -1.93. The first-order chi connectivity index (χ1) is 14.7. The summed E-state index contributed by atoms with van der Waals surface area (Å²) in [5, 5.41) is 2.13. The van der Waals surface area contributed by atoms with Gasteiger partial charge in [-0.1, -0.05) is 48.5 Å². The van der Waals surface area contributed by atoms with Crippen LogP contribution < -0.4 is 0 Å². The van der Waals surface area contributed by atoms with Crippen molar-refractivity contribution in [2.45, 2.75) is 6.92 Å². The molecular formula is C26H19N3O.